The summed E-state index contributed by atoms with van der Waals surface area (Å²) in [5.74, 6) is -1.11. The summed E-state index contributed by atoms with van der Waals surface area (Å²) in [5.41, 5.74) is -0.720. The van der Waals surface area contributed by atoms with E-state index in [1.165, 1.54) is 26.8 Å². The van der Waals surface area contributed by atoms with Crippen LogP contribution in [-0.4, -0.2) is 54.5 Å². The van der Waals surface area contributed by atoms with Crippen molar-refractivity contribution >= 4 is 33.4 Å². The van der Waals surface area contributed by atoms with Crippen molar-refractivity contribution in [1.82, 2.24) is 5.16 Å². The number of amides is 1. The first kappa shape index (κ1) is 23.0. The largest absolute Gasteiger partial charge is 0.429 e. The van der Waals surface area contributed by atoms with Gasteiger partial charge < -0.3 is 14.0 Å². The molecule has 1 saturated heterocycles. The fraction of sp³-hybridized carbons (Fsp3) is 0.667. The molecule has 1 aromatic heterocycles. The van der Waals surface area contributed by atoms with E-state index in [-0.39, 0.29) is 17.7 Å². The Morgan fingerprint density at radius 1 is 1.24 bits per heavy atom. The molecule has 0 saturated carbocycles. The van der Waals surface area contributed by atoms with Gasteiger partial charge in [0.15, 0.2) is 15.7 Å². The number of rotatable bonds is 6. The molecule has 1 amide bonds. The first-order valence-electron chi connectivity index (χ1n) is 9.22. The average molecular weight is 429 g/mol. The molecule has 2 heterocycles. The maximum absolute atomic E-state index is 13.0. The van der Waals surface area contributed by atoms with Crippen LogP contribution < -0.4 is 5.32 Å². The molecule has 29 heavy (non-hydrogen) atoms. The molecule has 0 aromatic carbocycles. The summed E-state index contributed by atoms with van der Waals surface area (Å²) < 4.78 is 39.6. The molecule has 0 atom stereocenters. The molecule has 0 unspecified atom stereocenters. The lowest BCUT2D eigenvalue weighted by Crippen LogP contribution is -2.50. The van der Waals surface area contributed by atoms with Gasteiger partial charge in [0.2, 0.25) is 17.7 Å². The van der Waals surface area contributed by atoms with Crippen LogP contribution >= 0.6 is 0 Å². The van der Waals surface area contributed by atoms with Crippen LogP contribution in [0, 0.1) is 10.8 Å². The van der Waals surface area contributed by atoms with Crippen LogP contribution in [0.2, 0.25) is 0 Å². The Morgan fingerprint density at radius 3 is 2.38 bits per heavy atom. The minimum absolute atomic E-state index is 0.0345. The molecule has 162 valence electrons. The smallest absolute Gasteiger partial charge is 0.247 e. The van der Waals surface area contributed by atoms with Gasteiger partial charge in [0.1, 0.15) is 10.4 Å². The lowest BCUT2D eigenvalue weighted by atomic mass is 9.89. The summed E-state index contributed by atoms with van der Waals surface area (Å²) in [6.07, 6.45) is 0.711. The van der Waals surface area contributed by atoms with Crippen LogP contribution in [0.1, 0.15) is 53.2 Å². The van der Waals surface area contributed by atoms with E-state index in [4.69, 9.17) is 24.8 Å². The van der Waals surface area contributed by atoms with Crippen LogP contribution in [0.3, 0.4) is 0 Å². The second-order valence-electron chi connectivity index (χ2n) is 8.01. The Hall–Kier alpha value is -2.27. The summed E-state index contributed by atoms with van der Waals surface area (Å²) in [6, 6.07) is 1.41. The minimum Gasteiger partial charge on any atom is -0.429 e. The molecule has 0 aliphatic carbocycles. The van der Waals surface area contributed by atoms with Gasteiger partial charge in [0.05, 0.1) is 10.7 Å². The van der Waals surface area contributed by atoms with Crippen molar-refractivity contribution in [2.24, 2.45) is 0 Å². The number of nitrogens with one attached hydrogen (secondary N) is 3. The van der Waals surface area contributed by atoms with Crippen molar-refractivity contribution in [3.8, 4) is 0 Å². The molecule has 0 spiro atoms. The van der Waals surface area contributed by atoms with Gasteiger partial charge in [-0.25, -0.2) is 8.42 Å². The Labute approximate surface area is 170 Å². The molecular weight excluding hydrogens is 400 g/mol. The molecule has 3 N–H and O–H groups in total. The zero-order valence-electron chi connectivity index (χ0n) is 17.3. The number of carbonyl (C=O) groups is 1. The highest BCUT2D eigenvalue weighted by Crippen LogP contribution is 2.30. The van der Waals surface area contributed by atoms with Gasteiger partial charge in [-0.1, -0.05) is 5.16 Å². The van der Waals surface area contributed by atoms with E-state index in [1.54, 1.807) is 13.8 Å². The normalized spacial score (nSPS) is 16.3. The number of hydrogen-bond donors (Lipinski definition) is 3. The average Bonchev–Trinajstić information content (AvgIpc) is 3.11. The molecule has 11 heteroatoms. The molecule has 0 radical (unpaired) electrons. The number of nitrogens with zero attached hydrogens (tertiary/aromatic N) is 1. The maximum atomic E-state index is 13.0. The van der Waals surface area contributed by atoms with Gasteiger partial charge in [-0.3, -0.25) is 20.9 Å². The fourth-order valence-corrected chi connectivity index (χ4v) is 4.78. The van der Waals surface area contributed by atoms with Gasteiger partial charge in [-0.05, 0) is 40.5 Å². The van der Waals surface area contributed by atoms with Crippen molar-refractivity contribution in [2.45, 2.75) is 62.9 Å². The molecule has 2 rings (SSSR count). The van der Waals surface area contributed by atoms with Crippen molar-refractivity contribution < 1.29 is 27.2 Å². The molecule has 1 fully saturated rings. The van der Waals surface area contributed by atoms with Crippen molar-refractivity contribution in [1.29, 1.82) is 10.8 Å². The van der Waals surface area contributed by atoms with E-state index < -0.39 is 31.2 Å². The highest BCUT2D eigenvalue weighted by Gasteiger charge is 2.47. The van der Waals surface area contributed by atoms with Gasteiger partial charge in [-0.15, -0.1) is 0 Å². The third-order valence-electron chi connectivity index (χ3n) is 5.08. The van der Waals surface area contributed by atoms with Gasteiger partial charge in [0, 0.05) is 26.2 Å². The number of anilines is 1. The quantitative estimate of drug-likeness (QED) is 0.463. The predicted octanol–water partition coefficient (Wildman–Crippen LogP) is 2.25. The number of hydrogen-bond acceptors (Lipinski definition) is 9. The second-order valence-corrected chi connectivity index (χ2v) is 10.8. The van der Waals surface area contributed by atoms with Crippen LogP contribution in [0.4, 0.5) is 5.88 Å². The molecule has 0 bridgehead atoms. The third kappa shape index (κ3) is 4.67. The van der Waals surface area contributed by atoms with E-state index in [1.807, 2.05) is 0 Å². The Kier molecular flexibility index (Phi) is 6.53. The van der Waals surface area contributed by atoms with Gasteiger partial charge in [-0.2, -0.15) is 0 Å². The van der Waals surface area contributed by atoms with Gasteiger partial charge in [0.25, 0.3) is 0 Å². The Balaban J connectivity index is 2.16. The predicted molar refractivity (Wildman–Crippen MR) is 107 cm³/mol. The summed E-state index contributed by atoms with van der Waals surface area (Å²) in [6.45, 7) is 8.15. The van der Waals surface area contributed by atoms with E-state index in [0.29, 0.717) is 31.7 Å². The summed E-state index contributed by atoms with van der Waals surface area (Å²) in [5, 5.41) is 21.0. The fourth-order valence-electron chi connectivity index (χ4n) is 2.82. The van der Waals surface area contributed by atoms with E-state index in [0.717, 1.165) is 0 Å². The SMILES string of the molecule is CC(=N)OC(=N)C(C)(C)c1cc(NC(=O)C(C)(C)S(=O)(=O)C2CCOCC2)on1. The molecular formula is C18H28N4O6S. The third-order valence-corrected chi connectivity index (χ3v) is 8.03. The highest BCUT2D eigenvalue weighted by molar-refractivity contribution is 7.94. The maximum Gasteiger partial charge on any atom is 0.247 e. The number of aromatic nitrogens is 1. The summed E-state index contributed by atoms with van der Waals surface area (Å²) in [7, 11) is -3.76. The lowest BCUT2D eigenvalue weighted by molar-refractivity contribution is -0.118. The Morgan fingerprint density at radius 2 is 1.83 bits per heavy atom. The summed E-state index contributed by atoms with van der Waals surface area (Å²) >= 11 is 0. The van der Waals surface area contributed by atoms with Crippen LogP contribution in [0.25, 0.3) is 0 Å². The minimum atomic E-state index is -3.76. The molecule has 1 aliphatic rings. The van der Waals surface area contributed by atoms with E-state index >= 15 is 0 Å². The monoisotopic (exact) mass is 428 g/mol. The van der Waals surface area contributed by atoms with Crippen LogP contribution in [0.15, 0.2) is 10.6 Å². The van der Waals surface area contributed by atoms with E-state index in [2.05, 4.69) is 10.5 Å². The first-order valence-corrected chi connectivity index (χ1v) is 10.8. The Bertz CT molecular complexity index is 897. The highest BCUT2D eigenvalue weighted by atomic mass is 32.2. The van der Waals surface area contributed by atoms with Gasteiger partial charge >= 0.3 is 0 Å². The van der Waals surface area contributed by atoms with Crippen molar-refractivity contribution in [3.63, 3.8) is 0 Å². The number of carbonyl (C=O) groups excluding carboxylic acids is 1. The standard InChI is InChI=1S/C18H28N4O6S/c1-11(19)27-15(20)17(2,3)13-10-14(28-22-13)21-16(23)18(4,5)29(24,25)12-6-8-26-9-7-12/h10,12,19-20H,6-9H2,1-5H3,(H,21,23). The molecule has 1 aromatic rings. The molecule has 10 nitrogen and oxygen atoms in total. The van der Waals surface area contributed by atoms with Crippen molar-refractivity contribution in [3.05, 3.63) is 11.8 Å². The first-order chi connectivity index (χ1) is 13.3. The lowest BCUT2D eigenvalue weighted by Gasteiger charge is -2.30. The molecule has 1 aliphatic heterocycles. The van der Waals surface area contributed by atoms with Crippen molar-refractivity contribution in [2.75, 3.05) is 18.5 Å². The van der Waals surface area contributed by atoms with E-state index in [9.17, 15) is 13.2 Å². The summed E-state index contributed by atoms with van der Waals surface area (Å²) in [4.78, 5) is 12.8. The zero-order chi connectivity index (χ0) is 22.0. The topological polar surface area (TPSA) is 155 Å². The number of sulfone groups is 1. The zero-order valence-corrected chi connectivity index (χ0v) is 18.1. The van der Waals surface area contributed by atoms with Crippen LogP contribution in [-0.2, 0) is 29.5 Å². The number of ether oxygens (including phenoxy) is 2. The second kappa shape index (κ2) is 8.23. The van der Waals surface area contributed by atoms with Crippen LogP contribution in [0.5, 0.6) is 0 Å².